The van der Waals surface area contributed by atoms with Gasteiger partial charge in [0, 0.05) is 23.7 Å². The van der Waals surface area contributed by atoms with Crippen molar-refractivity contribution in [2.75, 3.05) is 5.32 Å². The van der Waals surface area contributed by atoms with Crippen LogP contribution in [-0.2, 0) is 4.79 Å². The number of aromatic nitrogens is 1. The van der Waals surface area contributed by atoms with Gasteiger partial charge < -0.3 is 15.5 Å². The number of carbonyl (C=O) groups is 1. The largest absolute Gasteiger partial charge is 0.444 e. The number of halogens is 1. The second-order valence-electron chi connectivity index (χ2n) is 5.55. The fourth-order valence-electron chi connectivity index (χ4n) is 2.88. The molecule has 5 nitrogen and oxygen atoms in total. The van der Waals surface area contributed by atoms with Crippen LogP contribution in [0.15, 0.2) is 41.3 Å². The van der Waals surface area contributed by atoms with Gasteiger partial charge in [-0.2, -0.15) is 0 Å². The third-order valence-corrected chi connectivity index (χ3v) is 4.03. The van der Waals surface area contributed by atoms with Crippen molar-refractivity contribution in [1.82, 2.24) is 4.98 Å². The van der Waals surface area contributed by atoms with Gasteiger partial charge in [-0.1, -0.05) is 18.6 Å². The van der Waals surface area contributed by atoms with Crippen LogP contribution in [0.5, 0.6) is 0 Å². The maximum Gasteiger partial charge on any atom is 0.224 e. The first-order chi connectivity index (χ1) is 10.2. The Morgan fingerprint density at radius 2 is 2.27 bits per heavy atom. The zero-order valence-electron chi connectivity index (χ0n) is 12.2. The van der Waals surface area contributed by atoms with Crippen LogP contribution in [-0.4, -0.2) is 16.9 Å². The van der Waals surface area contributed by atoms with Gasteiger partial charge in [-0.25, -0.2) is 4.98 Å². The molecule has 0 unspecified atom stereocenters. The molecule has 1 aromatic carbocycles. The van der Waals surface area contributed by atoms with Gasteiger partial charge in [0.05, 0.1) is 6.20 Å². The molecule has 3 rings (SSSR count). The average Bonchev–Trinajstić information content (AvgIpc) is 3.12. The monoisotopic (exact) mass is 321 g/mol. The van der Waals surface area contributed by atoms with E-state index in [1.54, 1.807) is 6.20 Å². The van der Waals surface area contributed by atoms with E-state index in [0.717, 1.165) is 30.5 Å². The van der Waals surface area contributed by atoms with Gasteiger partial charge >= 0.3 is 0 Å². The van der Waals surface area contributed by atoms with Crippen LogP contribution in [0.2, 0.25) is 0 Å². The fourth-order valence-corrected chi connectivity index (χ4v) is 2.88. The number of oxazole rings is 1. The fraction of sp³-hybridized carbons (Fsp3) is 0.375. The Labute approximate surface area is 135 Å². The highest BCUT2D eigenvalue weighted by molar-refractivity contribution is 5.91. The van der Waals surface area contributed by atoms with Crippen LogP contribution in [0.1, 0.15) is 25.7 Å². The van der Waals surface area contributed by atoms with E-state index >= 15 is 0 Å². The van der Waals surface area contributed by atoms with E-state index in [1.165, 1.54) is 6.39 Å². The molecule has 0 radical (unpaired) electrons. The van der Waals surface area contributed by atoms with Crippen LogP contribution in [0.25, 0.3) is 11.3 Å². The number of carbonyl (C=O) groups excluding carboxylic acids is 1. The number of hydrogen-bond donors (Lipinski definition) is 2. The molecule has 22 heavy (non-hydrogen) atoms. The zero-order valence-corrected chi connectivity index (χ0v) is 13.0. The normalized spacial score (nSPS) is 20.4. The summed E-state index contributed by atoms with van der Waals surface area (Å²) < 4.78 is 5.26. The Balaban J connectivity index is 0.00000176. The predicted molar refractivity (Wildman–Crippen MR) is 87.8 cm³/mol. The van der Waals surface area contributed by atoms with Gasteiger partial charge in [0.15, 0.2) is 12.2 Å². The standard InChI is InChI=1S/C16H19N3O2.ClH/c17-14-6-2-3-11(14)8-16(20)19-13-5-1-4-12(7-13)15-9-18-10-21-15;/h1,4-5,7,9-11,14H,2-3,6,8,17H2,(H,19,20);1H/t11-,14+;/m0./s1. The molecule has 1 heterocycles. The lowest BCUT2D eigenvalue weighted by molar-refractivity contribution is -0.117. The lowest BCUT2D eigenvalue weighted by atomic mass is 10.00. The minimum atomic E-state index is 0. The molecule has 0 spiro atoms. The molecule has 3 N–H and O–H groups in total. The van der Waals surface area contributed by atoms with Gasteiger partial charge in [0.1, 0.15) is 0 Å². The van der Waals surface area contributed by atoms with Crippen molar-refractivity contribution in [1.29, 1.82) is 0 Å². The molecule has 1 amide bonds. The summed E-state index contributed by atoms with van der Waals surface area (Å²) in [4.78, 5) is 16.0. The number of hydrogen-bond acceptors (Lipinski definition) is 4. The number of rotatable bonds is 4. The van der Waals surface area contributed by atoms with E-state index in [4.69, 9.17) is 10.2 Å². The van der Waals surface area contributed by atoms with Crippen molar-refractivity contribution in [2.45, 2.75) is 31.7 Å². The highest BCUT2D eigenvalue weighted by atomic mass is 35.5. The zero-order chi connectivity index (χ0) is 14.7. The topological polar surface area (TPSA) is 81.2 Å². The average molecular weight is 322 g/mol. The van der Waals surface area contributed by atoms with Crippen molar-refractivity contribution in [3.8, 4) is 11.3 Å². The van der Waals surface area contributed by atoms with E-state index < -0.39 is 0 Å². The Kier molecular flexibility index (Phi) is 5.57. The highest BCUT2D eigenvalue weighted by Crippen LogP contribution is 2.27. The maximum atomic E-state index is 12.1. The molecular weight excluding hydrogens is 302 g/mol. The number of amides is 1. The Hall–Kier alpha value is -1.85. The number of nitrogens with two attached hydrogens (primary N) is 1. The number of benzene rings is 1. The summed E-state index contributed by atoms with van der Waals surface area (Å²) in [6.45, 7) is 0. The van der Waals surface area contributed by atoms with Crippen molar-refractivity contribution >= 4 is 24.0 Å². The molecule has 6 heteroatoms. The number of nitrogens with one attached hydrogen (secondary N) is 1. The van der Waals surface area contributed by atoms with Crippen molar-refractivity contribution in [3.63, 3.8) is 0 Å². The van der Waals surface area contributed by atoms with E-state index in [1.807, 2.05) is 24.3 Å². The van der Waals surface area contributed by atoms with Gasteiger partial charge in [-0.05, 0) is 30.9 Å². The molecule has 1 aromatic heterocycles. The molecule has 118 valence electrons. The smallest absolute Gasteiger partial charge is 0.224 e. The minimum absolute atomic E-state index is 0. The molecule has 2 atom stereocenters. The lowest BCUT2D eigenvalue weighted by Crippen LogP contribution is -2.28. The molecule has 1 aliphatic carbocycles. The maximum absolute atomic E-state index is 12.1. The Morgan fingerprint density at radius 1 is 1.41 bits per heavy atom. The number of nitrogens with zero attached hydrogens (tertiary/aromatic N) is 1. The molecular formula is C16H20ClN3O2. The SMILES string of the molecule is Cl.N[C@@H]1CCC[C@H]1CC(=O)Nc1cccc(-c2cnco2)c1. The second kappa shape index (κ2) is 7.42. The summed E-state index contributed by atoms with van der Waals surface area (Å²) in [5, 5.41) is 2.94. The number of anilines is 1. The van der Waals surface area contributed by atoms with E-state index in [0.29, 0.717) is 18.1 Å². The first-order valence-corrected chi connectivity index (χ1v) is 7.27. The molecule has 0 bridgehead atoms. The van der Waals surface area contributed by atoms with Gasteiger partial charge in [0.25, 0.3) is 0 Å². The molecule has 0 saturated heterocycles. The molecule has 2 aromatic rings. The van der Waals surface area contributed by atoms with Gasteiger partial charge in [0.2, 0.25) is 5.91 Å². The van der Waals surface area contributed by atoms with E-state index in [-0.39, 0.29) is 24.4 Å². The highest BCUT2D eigenvalue weighted by Gasteiger charge is 2.26. The van der Waals surface area contributed by atoms with Crippen molar-refractivity contribution in [3.05, 3.63) is 36.9 Å². The summed E-state index contributed by atoms with van der Waals surface area (Å²) >= 11 is 0. The lowest BCUT2D eigenvalue weighted by Gasteiger charge is -2.14. The summed E-state index contributed by atoms with van der Waals surface area (Å²) in [6.07, 6.45) is 6.74. The third-order valence-electron chi connectivity index (χ3n) is 4.03. The second-order valence-corrected chi connectivity index (χ2v) is 5.55. The van der Waals surface area contributed by atoms with Crippen LogP contribution in [0.3, 0.4) is 0 Å². The molecule has 0 aliphatic heterocycles. The van der Waals surface area contributed by atoms with E-state index in [2.05, 4.69) is 10.3 Å². The molecule has 1 fully saturated rings. The van der Waals surface area contributed by atoms with E-state index in [9.17, 15) is 4.79 Å². The quantitative estimate of drug-likeness (QED) is 0.906. The van der Waals surface area contributed by atoms with Gasteiger partial charge in [-0.3, -0.25) is 4.79 Å². The summed E-state index contributed by atoms with van der Waals surface area (Å²) in [6, 6.07) is 7.72. The van der Waals surface area contributed by atoms with Crippen LogP contribution in [0, 0.1) is 5.92 Å². The first kappa shape index (κ1) is 16.5. The van der Waals surface area contributed by atoms with Crippen molar-refractivity contribution < 1.29 is 9.21 Å². The Morgan fingerprint density at radius 3 is 2.95 bits per heavy atom. The minimum Gasteiger partial charge on any atom is -0.444 e. The summed E-state index contributed by atoms with van der Waals surface area (Å²) in [5.41, 5.74) is 7.67. The molecule has 1 aliphatic rings. The van der Waals surface area contributed by atoms with Gasteiger partial charge in [-0.15, -0.1) is 12.4 Å². The van der Waals surface area contributed by atoms with Crippen LogP contribution >= 0.6 is 12.4 Å². The summed E-state index contributed by atoms with van der Waals surface area (Å²) in [7, 11) is 0. The van der Waals surface area contributed by atoms with Crippen molar-refractivity contribution in [2.24, 2.45) is 11.7 Å². The first-order valence-electron chi connectivity index (χ1n) is 7.27. The Bertz CT molecular complexity index is 616. The third kappa shape index (κ3) is 3.87. The molecule has 1 saturated carbocycles. The predicted octanol–water partition coefficient (Wildman–Crippen LogP) is 3.22. The summed E-state index contributed by atoms with van der Waals surface area (Å²) in [5.74, 6) is 1.01. The van der Waals surface area contributed by atoms with Crippen LogP contribution < -0.4 is 11.1 Å². The van der Waals surface area contributed by atoms with Crippen LogP contribution in [0.4, 0.5) is 5.69 Å².